The van der Waals surface area contributed by atoms with E-state index in [0.29, 0.717) is 23.9 Å². The summed E-state index contributed by atoms with van der Waals surface area (Å²) in [5.74, 6) is 0.862. The fraction of sp³-hybridized carbons (Fsp3) is 0.529. The molecule has 2 aromatic heterocycles. The molecule has 0 spiro atoms. The molecule has 1 saturated heterocycles. The average molecular weight is 349 g/mol. The third-order valence-corrected chi connectivity index (χ3v) is 4.81. The number of hydrogen-bond acceptors (Lipinski definition) is 6. The van der Waals surface area contributed by atoms with Gasteiger partial charge in [0.15, 0.2) is 5.69 Å². The number of hydrogen-bond donors (Lipinski definition) is 1. The van der Waals surface area contributed by atoms with Crippen LogP contribution in [0.5, 0.6) is 0 Å². The highest BCUT2D eigenvalue weighted by molar-refractivity contribution is 7.13. The predicted molar refractivity (Wildman–Crippen MR) is 93.3 cm³/mol. The van der Waals surface area contributed by atoms with Crippen LogP contribution in [0, 0.1) is 6.92 Å². The van der Waals surface area contributed by atoms with Crippen LogP contribution in [-0.2, 0) is 4.74 Å². The molecule has 0 bridgehead atoms. The summed E-state index contributed by atoms with van der Waals surface area (Å²) in [5.41, 5.74) is 0.363. The number of thiophene rings is 1. The van der Waals surface area contributed by atoms with Crippen molar-refractivity contribution in [2.24, 2.45) is 0 Å². The van der Waals surface area contributed by atoms with E-state index >= 15 is 0 Å². The van der Waals surface area contributed by atoms with E-state index in [0.717, 1.165) is 24.5 Å². The number of oxazole rings is 1. The summed E-state index contributed by atoms with van der Waals surface area (Å²) in [4.78, 5) is 19.9. The van der Waals surface area contributed by atoms with Crippen molar-refractivity contribution >= 4 is 17.2 Å². The molecule has 3 heterocycles. The number of carbonyl (C=O) groups is 1. The van der Waals surface area contributed by atoms with Gasteiger partial charge < -0.3 is 14.5 Å². The van der Waals surface area contributed by atoms with Gasteiger partial charge in [-0.2, -0.15) is 0 Å². The first-order chi connectivity index (χ1) is 11.5. The average Bonchev–Trinajstić information content (AvgIpc) is 3.15. The van der Waals surface area contributed by atoms with Gasteiger partial charge in [0, 0.05) is 26.2 Å². The van der Waals surface area contributed by atoms with Crippen molar-refractivity contribution in [2.45, 2.75) is 33.0 Å². The maximum atomic E-state index is 12.3. The van der Waals surface area contributed by atoms with E-state index in [9.17, 15) is 4.79 Å². The maximum absolute atomic E-state index is 12.3. The second-order valence-corrected chi connectivity index (χ2v) is 7.12. The standard InChI is InChI=1S/C17H23N3O3S/c1-11-9-20(10-12(2)22-11)7-6-18-16(21)15-13(3)23-17(19-15)14-5-4-8-24-14/h4-5,8,11-12H,6-7,9-10H2,1-3H3,(H,18,21)/t11-,12-/m0/s1. The summed E-state index contributed by atoms with van der Waals surface area (Å²) in [5, 5.41) is 4.89. The quantitative estimate of drug-likeness (QED) is 0.898. The van der Waals surface area contributed by atoms with E-state index in [-0.39, 0.29) is 18.1 Å². The predicted octanol–water partition coefficient (Wildman–Crippen LogP) is 2.55. The number of ether oxygens (including phenoxy) is 1. The van der Waals surface area contributed by atoms with Crippen molar-refractivity contribution in [3.63, 3.8) is 0 Å². The molecule has 130 valence electrons. The molecule has 2 atom stereocenters. The van der Waals surface area contributed by atoms with Crippen molar-refractivity contribution in [1.82, 2.24) is 15.2 Å². The third-order valence-electron chi connectivity index (χ3n) is 3.95. The van der Waals surface area contributed by atoms with Crippen molar-refractivity contribution in [2.75, 3.05) is 26.2 Å². The van der Waals surface area contributed by atoms with Crippen LogP contribution in [-0.4, -0.2) is 54.2 Å². The Morgan fingerprint density at radius 2 is 2.17 bits per heavy atom. The van der Waals surface area contributed by atoms with Crippen molar-refractivity contribution < 1.29 is 13.9 Å². The molecule has 1 aliphatic rings. The molecule has 0 radical (unpaired) electrons. The molecule has 0 aliphatic carbocycles. The Kier molecular flexibility index (Phi) is 5.33. The third kappa shape index (κ3) is 4.03. The number of rotatable bonds is 5. The Morgan fingerprint density at radius 3 is 2.83 bits per heavy atom. The van der Waals surface area contributed by atoms with Crippen molar-refractivity contribution in [3.8, 4) is 10.8 Å². The fourth-order valence-electron chi connectivity index (χ4n) is 2.99. The van der Waals surface area contributed by atoms with E-state index in [4.69, 9.17) is 9.15 Å². The molecule has 0 saturated carbocycles. The van der Waals surface area contributed by atoms with Crippen LogP contribution in [0.3, 0.4) is 0 Å². The van der Waals surface area contributed by atoms with E-state index in [2.05, 4.69) is 29.0 Å². The minimum absolute atomic E-state index is 0.187. The largest absolute Gasteiger partial charge is 0.440 e. The summed E-state index contributed by atoms with van der Waals surface area (Å²) in [6.45, 7) is 9.09. The van der Waals surface area contributed by atoms with Gasteiger partial charge in [0.25, 0.3) is 5.91 Å². The van der Waals surface area contributed by atoms with E-state index in [1.165, 1.54) is 0 Å². The Hall–Kier alpha value is -1.70. The summed E-state index contributed by atoms with van der Waals surface area (Å²) in [6, 6.07) is 3.86. The first kappa shape index (κ1) is 17.1. The van der Waals surface area contributed by atoms with Crippen LogP contribution in [0.1, 0.15) is 30.1 Å². The summed E-state index contributed by atoms with van der Waals surface area (Å²) < 4.78 is 11.3. The lowest BCUT2D eigenvalue weighted by molar-refractivity contribution is -0.0672. The molecule has 2 aromatic rings. The van der Waals surface area contributed by atoms with Crippen LogP contribution in [0.4, 0.5) is 0 Å². The number of carbonyl (C=O) groups excluding carboxylic acids is 1. The molecular weight excluding hydrogens is 326 g/mol. The van der Waals surface area contributed by atoms with E-state index in [1.54, 1.807) is 18.3 Å². The van der Waals surface area contributed by atoms with Gasteiger partial charge >= 0.3 is 0 Å². The SMILES string of the molecule is Cc1oc(-c2cccs2)nc1C(=O)NCCN1C[C@H](C)O[C@@H](C)C1. The monoisotopic (exact) mass is 349 g/mol. The lowest BCUT2D eigenvalue weighted by Gasteiger charge is -2.35. The number of nitrogens with zero attached hydrogens (tertiary/aromatic N) is 2. The lowest BCUT2D eigenvalue weighted by atomic mass is 10.2. The second kappa shape index (κ2) is 7.46. The zero-order valence-corrected chi connectivity index (χ0v) is 15.1. The molecule has 0 aromatic carbocycles. The Bertz CT molecular complexity index is 673. The van der Waals surface area contributed by atoms with E-state index in [1.807, 2.05) is 17.5 Å². The number of amides is 1. The highest BCUT2D eigenvalue weighted by Gasteiger charge is 2.22. The molecule has 1 N–H and O–H groups in total. The van der Waals surface area contributed by atoms with Crippen LogP contribution in [0.25, 0.3) is 10.8 Å². The van der Waals surface area contributed by atoms with Crippen LogP contribution in [0.2, 0.25) is 0 Å². The maximum Gasteiger partial charge on any atom is 0.273 e. The molecular formula is C17H23N3O3S. The summed E-state index contributed by atoms with van der Waals surface area (Å²) >= 11 is 1.54. The van der Waals surface area contributed by atoms with Crippen LogP contribution >= 0.6 is 11.3 Å². The number of aryl methyl sites for hydroxylation is 1. The lowest BCUT2D eigenvalue weighted by Crippen LogP contribution is -2.47. The molecule has 7 heteroatoms. The Morgan fingerprint density at radius 1 is 1.42 bits per heavy atom. The number of morpholine rings is 1. The highest BCUT2D eigenvalue weighted by atomic mass is 32.1. The summed E-state index contributed by atoms with van der Waals surface area (Å²) in [6.07, 6.45) is 0.464. The first-order valence-electron chi connectivity index (χ1n) is 8.20. The molecule has 3 rings (SSSR count). The fourth-order valence-corrected chi connectivity index (χ4v) is 3.64. The van der Waals surface area contributed by atoms with Gasteiger partial charge in [-0.1, -0.05) is 6.07 Å². The van der Waals surface area contributed by atoms with Gasteiger partial charge in [-0.3, -0.25) is 9.69 Å². The zero-order valence-electron chi connectivity index (χ0n) is 14.2. The molecule has 24 heavy (non-hydrogen) atoms. The number of aromatic nitrogens is 1. The van der Waals surface area contributed by atoms with E-state index < -0.39 is 0 Å². The van der Waals surface area contributed by atoms with Gasteiger partial charge in [-0.05, 0) is 32.2 Å². The normalized spacial score (nSPS) is 21.8. The van der Waals surface area contributed by atoms with Crippen molar-refractivity contribution in [1.29, 1.82) is 0 Å². The van der Waals surface area contributed by atoms with Crippen LogP contribution in [0.15, 0.2) is 21.9 Å². The van der Waals surface area contributed by atoms with Crippen LogP contribution < -0.4 is 5.32 Å². The molecule has 6 nitrogen and oxygen atoms in total. The van der Waals surface area contributed by atoms with Gasteiger partial charge in [0.1, 0.15) is 5.76 Å². The van der Waals surface area contributed by atoms with Gasteiger partial charge in [0.05, 0.1) is 17.1 Å². The molecule has 1 amide bonds. The van der Waals surface area contributed by atoms with Gasteiger partial charge in [0.2, 0.25) is 5.89 Å². The second-order valence-electron chi connectivity index (χ2n) is 6.17. The first-order valence-corrected chi connectivity index (χ1v) is 9.08. The molecule has 0 unspecified atom stereocenters. The summed E-state index contributed by atoms with van der Waals surface area (Å²) in [7, 11) is 0. The zero-order chi connectivity index (χ0) is 17.1. The molecule has 1 aliphatic heterocycles. The van der Waals surface area contributed by atoms with Gasteiger partial charge in [-0.25, -0.2) is 4.98 Å². The Labute approximate surface area is 145 Å². The number of nitrogens with one attached hydrogen (secondary N) is 1. The van der Waals surface area contributed by atoms with Crippen molar-refractivity contribution in [3.05, 3.63) is 29.0 Å². The van der Waals surface area contributed by atoms with Gasteiger partial charge in [-0.15, -0.1) is 11.3 Å². The Balaban J connectivity index is 1.54. The topological polar surface area (TPSA) is 67.6 Å². The molecule has 1 fully saturated rings. The highest BCUT2D eigenvalue weighted by Crippen LogP contribution is 2.25. The minimum atomic E-state index is -0.187. The smallest absolute Gasteiger partial charge is 0.273 e. The minimum Gasteiger partial charge on any atom is -0.440 e.